The quantitative estimate of drug-likeness (QED) is 0.442. The van der Waals surface area contributed by atoms with Gasteiger partial charge in [0.2, 0.25) is 0 Å². The van der Waals surface area contributed by atoms with Crippen LogP contribution in [0.25, 0.3) is 0 Å². The summed E-state index contributed by atoms with van der Waals surface area (Å²) < 4.78 is 11.2. The van der Waals surface area contributed by atoms with Crippen LogP contribution >= 0.6 is 11.6 Å². The number of amides is 1. The molecule has 0 radical (unpaired) electrons. The maximum atomic E-state index is 12.2. The monoisotopic (exact) mass is 408 g/mol. The van der Waals surface area contributed by atoms with Crippen molar-refractivity contribution in [3.05, 3.63) is 94.0 Å². The average Bonchev–Trinajstić information content (AvgIpc) is 2.73. The topological polar surface area (TPSA) is 59.9 Å². The lowest BCUT2D eigenvalue weighted by Crippen LogP contribution is -2.18. The predicted octanol–water partition coefficient (Wildman–Crippen LogP) is 5.00. The lowest BCUT2D eigenvalue weighted by Gasteiger charge is -2.11. The van der Waals surface area contributed by atoms with Crippen LogP contribution in [-0.4, -0.2) is 19.2 Å². The molecule has 3 rings (SSSR count). The third kappa shape index (κ3) is 5.59. The molecule has 1 amide bonds. The van der Waals surface area contributed by atoms with Crippen LogP contribution in [0.3, 0.4) is 0 Å². The Balaban J connectivity index is 1.64. The zero-order valence-electron chi connectivity index (χ0n) is 16.2. The molecule has 29 heavy (non-hydrogen) atoms. The van der Waals surface area contributed by atoms with Gasteiger partial charge in [-0.05, 0) is 53.9 Å². The molecule has 5 nitrogen and oxygen atoms in total. The number of halogens is 1. The van der Waals surface area contributed by atoms with Gasteiger partial charge in [-0.25, -0.2) is 5.43 Å². The van der Waals surface area contributed by atoms with Gasteiger partial charge in [-0.2, -0.15) is 5.10 Å². The fraction of sp³-hybridized carbons (Fsp3) is 0.130. The first-order valence-electron chi connectivity index (χ1n) is 9.01. The predicted molar refractivity (Wildman–Crippen MR) is 115 cm³/mol. The number of hydrogen-bond acceptors (Lipinski definition) is 4. The summed E-state index contributed by atoms with van der Waals surface area (Å²) >= 11 is 6.11. The molecule has 0 aromatic heterocycles. The lowest BCUT2D eigenvalue weighted by atomic mass is 10.1. The van der Waals surface area contributed by atoms with Gasteiger partial charge in [0.15, 0.2) is 11.5 Å². The molecule has 0 bridgehead atoms. The van der Waals surface area contributed by atoms with Gasteiger partial charge in [0.05, 0.1) is 23.9 Å². The van der Waals surface area contributed by atoms with E-state index in [1.807, 2.05) is 55.5 Å². The summed E-state index contributed by atoms with van der Waals surface area (Å²) in [5.41, 5.74) is 5.66. The Kier molecular flexibility index (Phi) is 6.87. The van der Waals surface area contributed by atoms with Crippen LogP contribution in [0.4, 0.5) is 0 Å². The Morgan fingerprint density at radius 1 is 1.07 bits per heavy atom. The van der Waals surface area contributed by atoms with Crippen molar-refractivity contribution >= 4 is 23.7 Å². The highest BCUT2D eigenvalue weighted by Gasteiger charge is 2.09. The van der Waals surface area contributed by atoms with E-state index in [1.54, 1.807) is 25.3 Å². The number of methoxy groups -OCH3 is 1. The number of carbonyl (C=O) groups excluding carboxylic acids is 1. The number of hydrogen-bond donors (Lipinski definition) is 1. The van der Waals surface area contributed by atoms with Crippen LogP contribution in [0.2, 0.25) is 5.02 Å². The van der Waals surface area contributed by atoms with E-state index in [9.17, 15) is 4.79 Å². The minimum Gasteiger partial charge on any atom is -0.493 e. The third-order valence-corrected chi connectivity index (χ3v) is 4.49. The Hall–Kier alpha value is -3.31. The van der Waals surface area contributed by atoms with Crippen molar-refractivity contribution in [3.8, 4) is 11.5 Å². The van der Waals surface area contributed by atoms with Gasteiger partial charge in [-0.3, -0.25) is 4.79 Å². The zero-order valence-corrected chi connectivity index (χ0v) is 16.9. The normalized spacial score (nSPS) is 10.7. The van der Waals surface area contributed by atoms with Crippen LogP contribution in [0, 0.1) is 6.92 Å². The Morgan fingerprint density at radius 3 is 2.59 bits per heavy atom. The van der Waals surface area contributed by atoms with Crippen molar-refractivity contribution in [2.75, 3.05) is 7.11 Å². The highest BCUT2D eigenvalue weighted by molar-refractivity contribution is 6.33. The van der Waals surface area contributed by atoms with Crippen LogP contribution in [0.15, 0.2) is 71.8 Å². The molecular formula is C23H21ClN2O3. The Morgan fingerprint density at radius 2 is 1.86 bits per heavy atom. The van der Waals surface area contributed by atoms with Crippen LogP contribution < -0.4 is 14.9 Å². The summed E-state index contributed by atoms with van der Waals surface area (Å²) in [5, 5.41) is 4.39. The number of nitrogens with zero attached hydrogens (tertiary/aromatic N) is 1. The number of benzene rings is 3. The van der Waals surface area contributed by atoms with E-state index >= 15 is 0 Å². The number of aryl methyl sites for hydroxylation is 1. The highest BCUT2D eigenvalue weighted by atomic mass is 35.5. The maximum absolute atomic E-state index is 12.2. The molecule has 0 atom stereocenters. The molecule has 0 unspecified atom stereocenters. The zero-order chi connectivity index (χ0) is 20.6. The first-order valence-corrected chi connectivity index (χ1v) is 9.39. The molecule has 0 spiro atoms. The average molecular weight is 409 g/mol. The summed E-state index contributed by atoms with van der Waals surface area (Å²) in [7, 11) is 1.58. The van der Waals surface area contributed by atoms with Gasteiger partial charge in [0.1, 0.15) is 6.61 Å². The molecule has 0 aliphatic heterocycles. The van der Waals surface area contributed by atoms with Crippen LogP contribution in [0.5, 0.6) is 11.5 Å². The molecular weight excluding hydrogens is 388 g/mol. The number of rotatable bonds is 7. The highest BCUT2D eigenvalue weighted by Crippen LogP contribution is 2.28. The summed E-state index contributed by atoms with van der Waals surface area (Å²) in [6.07, 6.45) is 1.53. The summed E-state index contributed by atoms with van der Waals surface area (Å²) in [6, 6.07) is 20.5. The largest absolute Gasteiger partial charge is 0.493 e. The third-order valence-electron chi connectivity index (χ3n) is 4.17. The van der Waals surface area contributed by atoms with E-state index in [0.29, 0.717) is 28.7 Å². The first kappa shape index (κ1) is 20.4. The Bertz CT molecular complexity index is 1020. The van der Waals surface area contributed by atoms with Gasteiger partial charge in [-0.15, -0.1) is 0 Å². The van der Waals surface area contributed by atoms with Crippen LogP contribution in [-0.2, 0) is 6.61 Å². The van der Waals surface area contributed by atoms with Gasteiger partial charge < -0.3 is 9.47 Å². The van der Waals surface area contributed by atoms with E-state index in [0.717, 1.165) is 16.7 Å². The minimum atomic E-state index is -0.374. The summed E-state index contributed by atoms with van der Waals surface area (Å²) in [5.74, 6) is 0.836. The standard InChI is InChI=1S/C23H21ClN2O3/c1-16-8-10-19(20(24)12-16)23(27)26-25-14-18-9-11-21(22(13-18)28-2)29-15-17-6-4-3-5-7-17/h3-14H,15H2,1-2H3,(H,26,27)/b25-14+. The molecule has 148 valence electrons. The van der Waals surface area contributed by atoms with Gasteiger partial charge in [0, 0.05) is 0 Å². The second-order valence-electron chi connectivity index (χ2n) is 6.37. The molecule has 0 fully saturated rings. The summed E-state index contributed by atoms with van der Waals surface area (Å²) in [6.45, 7) is 2.35. The van der Waals surface area contributed by atoms with E-state index in [1.165, 1.54) is 6.21 Å². The van der Waals surface area contributed by atoms with E-state index in [-0.39, 0.29) is 5.91 Å². The maximum Gasteiger partial charge on any atom is 0.272 e. The second-order valence-corrected chi connectivity index (χ2v) is 6.77. The van der Waals surface area contributed by atoms with Crippen molar-refractivity contribution in [2.24, 2.45) is 5.10 Å². The molecule has 3 aromatic rings. The van der Waals surface area contributed by atoms with Gasteiger partial charge >= 0.3 is 0 Å². The fourth-order valence-electron chi connectivity index (χ4n) is 2.65. The van der Waals surface area contributed by atoms with Crippen molar-refractivity contribution in [2.45, 2.75) is 13.5 Å². The number of nitrogens with one attached hydrogen (secondary N) is 1. The van der Waals surface area contributed by atoms with Crippen molar-refractivity contribution < 1.29 is 14.3 Å². The number of hydrazone groups is 1. The molecule has 0 saturated heterocycles. The summed E-state index contributed by atoms with van der Waals surface area (Å²) in [4.78, 5) is 12.2. The van der Waals surface area contributed by atoms with Gasteiger partial charge in [0.25, 0.3) is 5.91 Å². The van der Waals surface area contributed by atoms with Crippen molar-refractivity contribution in [1.82, 2.24) is 5.43 Å². The SMILES string of the molecule is COc1cc(/C=N/NC(=O)c2ccc(C)cc2Cl)ccc1OCc1ccccc1. The van der Waals surface area contributed by atoms with Crippen molar-refractivity contribution in [3.63, 3.8) is 0 Å². The number of carbonyl (C=O) groups is 1. The van der Waals surface area contributed by atoms with Gasteiger partial charge in [-0.1, -0.05) is 48.0 Å². The van der Waals surface area contributed by atoms with E-state index < -0.39 is 0 Å². The van der Waals surface area contributed by atoms with Crippen molar-refractivity contribution in [1.29, 1.82) is 0 Å². The first-order chi connectivity index (χ1) is 14.1. The molecule has 0 aliphatic carbocycles. The molecule has 0 saturated carbocycles. The molecule has 6 heteroatoms. The molecule has 0 aliphatic rings. The fourth-order valence-corrected chi connectivity index (χ4v) is 2.97. The number of ether oxygens (including phenoxy) is 2. The van der Waals surface area contributed by atoms with E-state index in [2.05, 4.69) is 10.5 Å². The lowest BCUT2D eigenvalue weighted by molar-refractivity contribution is 0.0955. The second kappa shape index (κ2) is 9.75. The van der Waals surface area contributed by atoms with E-state index in [4.69, 9.17) is 21.1 Å². The molecule has 1 N–H and O–H groups in total. The van der Waals surface area contributed by atoms with Crippen LogP contribution in [0.1, 0.15) is 27.0 Å². The Labute approximate surface area is 174 Å². The smallest absolute Gasteiger partial charge is 0.272 e. The minimum absolute atomic E-state index is 0.372. The molecule has 0 heterocycles. The molecule has 3 aromatic carbocycles.